The van der Waals surface area contributed by atoms with E-state index in [1.165, 1.54) is 0 Å². The molecule has 2 rings (SSSR count). The highest BCUT2D eigenvalue weighted by molar-refractivity contribution is 5.83. The standard InChI is InChI=1S/C12H18N4O4/c1-15-6-8(5-14-15)2-3-13-12(20)16-7-9(17)4-10(16)11(18)19/h5-6,9-10,17H,2-4,7H2,1H3,(H,13,20)(H,18,19)/t9-,10-/m1/s1. The lowest BCUT2D eigenvalue weighted by molar-refractivity contribution is -0.141. The lowest BCUT2D eigenvalue weighted by Gasteiger charge is -2.21. The van der Waals surface area contributed by atoms with Crippen LogP contribution in [-0.2, 0) is 18.3 Å². The van der Waals surface area contributed by atoms with Gasteiger partial charge in [-0.15, -0.1) is 0 Å². The molecule has 1 aromatic rings. The molecule has 1 aromatic heterocycles. The van der Waals surface area contributed by atoms with Crippen LogP contribution in [0.2, 0.25) is 0 Å². The topological polar surface area (TPSA) is 108 Å². The Hall–Kier alpha value is -2.09. The Balaban J connectivity index is 1.83. The molecule has 0 aromatic carbocycles. The Morgan fingerprint density at radius 3 is 2.90 bits per heavy atom. The normalized spacial score (nSPS) is 22.0. The number of nitrogens with zero attached hydrogens (tertiary/aromatic N) is 3. The van der Waals surface area contributed by atoms with Gasteiger partial charge in [0.2, 0.25) is 0 Å². The van der Waals surface area contributed by atoms with Gasteiger partial charge in [-0.1, -0.05) is 0 Å². The van der Waals surface area contributed by atoms with Crippen LogP contribution in [0.25, 0.3) is 0 Å². The zero-order valence-electron chi connectivity index (χ0n) is 11.2. The second kappa shape index (κ2) is 5.91. The number of β-amino-alcohol motifs (C(OH)–C–C–N with tert-alkyl or cyclic N) is 1. The number of carbonyl (C=O) groups excluding carboxylic acids is 1. The fourth-order valence-corrected chi connectivity index (χ4v) is 2.29. The summed E-state index contributed by atoms with van der Waals surface area (Å²) in [6.07, 6.45) is 3.48. The number of hydrogen-bond donors (Lipinski definition) is 3. The summed E-state index contributed by atoms with van der Waals surface area (Å²) >= 11 is 0. The van der Waals surface area contributed by atoms with Gasteiger partial charge in [0, 0.05) is 32.8 Å². The molecule has 0 saturated carbocycles. The second-order valence-electron chi connectivity index (χ2n) is 4.90. The van der Waals surface area contributed by atoms with Gasteiger partial charge in [-0.25, -0.2) is 9.59 Å². The van der Waals surface area contributed by atoms with Gasteiger partial charge in [-0.3, -0.25) is 4.68 Å². The number of carboxylic acid groups (broad SMARTS) is 1. The molecule has 1 aliphatic rings. The molecule has 0 bridgehead atoms. The molecule has 0 radical (unpaired) electrons. The Labute approximate surface area is 116 Å². The third-order valence-electron chi connectivity index (χ3n) is 3.27. The summed E-state index contributed by atoms with van der Waals surface area (Å²) in [5.74, 6) is -1.09. The van der Waals surface area contributed by atoms with Gasteiger partial charge in [0.15, 0.2) is 0 Å². The third kappa shape index (κ3) is 3.27. The van der Waals surface area contributed by atoms with E-state index >= 15 is 0 Å². The first-order valence-electron chi connectivity index (χ1n) is 6.40. The van der Waals surface area contributed by atoms with E-state index in [4.69, 9.17) is 5.11 Å². The number of amides is 2. The molecule has 2 heterocycles. The number of likely N-dealkylation sites (tertiary alicyclic amines) is 1. The Morgan fingerprint density at radius 1 is 1.55 bits per heavy atom. The lowest BCUT2D eigenvalue weighted by atomic mass is 10.2. The van der Waals surface area contributed by atoms with Crippen molar-refractivity contribution in [2.45, 2.75) is 25.0 Å². The molecule has 1 saturated heterocycles. The van der Waals surface area contributed by atoms with E-state index in [0.717, 1.165) is 10.5 Å². The Morgan fingerprint density at radius 2 is 2.30 bits per heavy atom. The number of aliphatic hydroxyl groups is 1. The SMILES string of the molecule is Cn1cc(CCNC(=O)N2C[C@H](O)C[C@@H]2C(=O)O)cn1. The first-order chi connectivity index (χ1) is 9.47. The zero-order valence-corrected chi connectivity index (χ0v) is 11.2. The van der Waals surface area contributed by atoms with E-state index in [0.29, 0.717) is 13.0 Å². The number of hydrogen-bond acceptors (Lipinski definition) is 4. The quantitative estimate of drug-likeness (QED) is 0.669. The summed E-state index contributed by atoms with van der Waals surface area (Å²) in [7, 11) is 1.81. The molecule has 8 heteroatoms. The molecular weight excluding hydrogens is 264 g/mol. The fraction of sp³-hybridized carbons (Fsp3) is 0.583. The molecule has 0 unspecified atom stereocenters. The van der Waals surface area contributed by atoms with Crippen molar-refractivity contribution < 1.29 is 19.8 Å². The summed E-state index contributed by atoms with van der Waals surface area (Å²) in [4.78, 5) is 24.1. The van der Waals surface area contributed by atoms with Crippen LogP contribution in [0, 0.1) is 0 Å². The van der Waals surface area contributed by atoms with Crippen molar-refractivity contribution >= 4 is 12.0 Å². The van der Waals surface area contributed by atoms with Gasteiger partial charge in [-0.2, -0.15) is 5.10 Å². The van der Waals surface area contributed by atoms with E-state index in [1.807, 2.05) is 13.2 Å². The van der Waals surface area contributed by atoms with Gasteiger partial charge in [0.25, 0.3) is 0 Å². The summed E-state index contributed by atoms with van der Waals surface area (Å²) in [5, 5.41) is 25.2. The highest BCUT2D eigenvalue weighted by Gasteiger charge is 2.38. The molecule has 2 amide bonds. The molecule has 1 aliphatic heterocycles. The van der Waals surface area contributed by atoms with E-state index in [9.17, 15) is 14.7 Å². The van der Waals surface area contributed by atoms with Crippen LogP contribution in [0.4, 0.5) is 4.79 Å². The Bertz CT molecular complexity index is 501. The smallest absolute Gasteiger partial charge is 0.326 e. The number of aryl methyl sites for hydroxylation is 1. The highest BCUT2D eigenvalue weighted by atomic mass is 16.4. The molecule has 0 spiro atoms. The maximum Gasteiger partial charge on any atom is 0.326 e. The van der Waals surface area contributed by atoms with E-state index in [2.05, 4.69) is 10.4 Å². The molecule has 2 atom stereocenters. The molecule has 1 fully saturated rings. The lowest BCUT2D eigenvalue weighted by Crippen LogP contribution is -2.46. The zero-order chi connectivity index (χ0) is 14.7. The highest BCUT2D eigenvalue weighted by Crippen LogP contribution is 2.18. The predicted octanol–water partition coefficient (Wildman–Crippen LogP) is -0.808. The van der Waals surface area contributed by atoms with Gasteiger partial charge in [0.05, 0.1) is 12.3 Å². The van der Waals surface area contributed by atoms with Gasteiger partial charge >= 0.3 is 12.0 Å². The average Bonchev–Trinajstić information content (AvgIpc) is 2.95. The van der Waals surface area contributed by atoms with Crippen molar-refractivity contribution in [3.63, 3.8) is 0 Å². The van der Waals surface area contributed by atoms with Crippen molar-refractivity contribution in [3.05, 3.63) is 18.0 Å². The number of aliphatic hydroxyl groups excluding tert-OH is 1. The molecule has 110 valence electrons. The molecule has 3 N–H and O–H groups in total. The van der Waals surface area contributed by atoms with Crippen LogP contribution in [0.15, 0.2) is 12.4 Å². The van der Waals surface area contributed by atoms with Gasteiger partial charge in [-0.05, 0) is 12.0 Å². The van der Waals surface area contributed by atoms with Crippen molar-refractivity contribution in [1.82, 2.24) is 20.0 Å². The number of rotatable bonds is 4. The number of nitrogens with one attached hydrogen (secondary N) is 1. The maximum absolute atomic E-state index is 11.9. The van der Waals surface area contributed by atoms with Crippen LogP contribution >= 0.6 is 0 Å². The number of carboxylic acids is 1. The maximum atomic E-state index is 11.9. The first-order valence-corrected chi connectivity index (χ1v) is 6.40. The number of aliphatic carboxylic acids is 1. The summed E-state index contributed by atoms with van der Waals surface area (Å²) in [6, 6.07) is -1.42. The molecule has 8 nitrogen and oxygen atoms in total. The molecule has 0 aliphatic carbocycles. The number of aromatic nitrogens is 2. The van der Waals surface area contributed by atoms with E-state index in [-0.39, 0.29) is 13.0 Å². The van der Waals surface area contributed by atoms with Crippen LogP contribution in [0.1, 0.15) is 12.0 Å². The van der Waals surface area contributed by atoms with Crippen molar-refractivity contribution in [3.8, 4) is 0 Å². The molecular formula is C12H18N4O4. The first kappa shape index (κ1) is 14.3. The summed E-state index contributed by atoms with van der Waals surface area (Å²) in [5.41, 5.74) is 0.990. The third-order valence-corrected chi connectivity index (χ3v) is 3.27. The van der Waals surface area contributed by atoms with Crippen LogP contribution < -0.4 is 5.32 Å². The van der Waals surface area contributed by atoms with E-state index < -0.39 is 24.1 Å². The largest absolute Gasteiger partial charge is 0.480 e. The minimum atomic E-state index is -1.09. The fourth-order valence-electron chi connectivity index (χ4n) is 2.29. The number of carbonyl (C=O) groups is 2. The summed E-state index contributed by atoms with van der Waals surface area (Å²) < 4.78 is 1.68. The van der Waals surface area contributed by atoms with Gasteiger partial charge in [0.1, 0.15) is 6.04 Å². The monoisotopic (exact) mass is 282 g/mol. The average molecular weight is 282 g/mol. The predicted molar refractivity (Wildman–Crippen MR) is 69.1 cm³/mol. The van der Waals surface area contributed by atoms with Crippen LogP contribution in [0.3, 0.4) is 0 Å². The minimum Gasteiger partial charge on any atom is -0.480 e. The molecule has 20 heavy (non-hydrogen) atoms. The minimum absolute atomic E-state index is 0.0513. The van der Waals surface area contributed by atoms with E-state index in [1.54, 1.807) is 10.9 Å². The number of urea groups is 1. The van der Waals surface area contributed by atoms with Crippen molar-refractivity contribution in [2.24, 2.45) is 7.05 Å². The van der Waals surface area contributed by atoms with Crippen molar-refractivity contribution in [2.75, 3.05) is 13.1 Å². The van der Waals surface area contributed by atoms with Crippen molar-refractivity contribution in [1.29, 1.82) is 0 Å². The van der Waals surface area contributed by atoms with Crippen LogP contribution in [-0.4, -0.2) is 62.1 Å². The summed E-state index contributed by atoms with van der Waals surface area (Å²) in [6.45, 7) is 0.444. The van der Waals surface area contributed by atoms with Crippen LogP contribution in [0.5, 0.6) is 0 Å². The second-order valence-corrected chi connectivity index (χ2v) is 4.90. The van der Waals surface area contributed by atoms with Gasteiger partial charge < -0.3 is 20.4 Å². The Kier molecular flexibility index (Phi) is 4.23.